The van der Waals surface area contributed by atoms with E-state index in [1.165, 1.54) is 12.2 Å². The van der Waals surface area contributed by atoms with Crippen LogP contribution in [0.3, 0.4) is 0 Å². The Hall–Kier alpha value is -3.78. The Labute approximate surface area is 169 Å². The number of allylic oxidation sites excluding steroid dienone is 2. The summed E-state index contributed by atoms with van der Waals surface area (Å²) >= 11 is 0. The standard InChI is InChI=1S/C27H20O2/c28-26(15-11-20-9-13-22-5-1-3-7-24(22)17-20)19-27(29)16-12-21-10-14-23-6-2-4-8-25(23)18-21/h1-18H,19H2/b15-11+,16-12+. The molecule has 0 aliphatic carbocycles. The molecule has 0 radical (unpaired) electrons. The van der Waals surface area contributed by atoms with Gasteiger partial charge < -0.3 is 0 Å². The minimum absolute atomic E-state index is 0.131. The van der Waals surface area contributed by atoms with Crippen molar-refractivity contribution in [3.63, 3.8) is 0 Å². The number of carbonyl (C=O) groups excluding carboxylic acids is 2. The zero-order valence-electron chi connectivity index (χ0n) is 15.9. The van der Waals surface area contributed by atoms with Crippen LogP contribution in [-0.4, -0.2) is 11.6 Å². The van der Waals surface area contributed by atoms with Crippen molar-refractivity contribution < 1.29 is 9.59 Å². The van der Waals surface area contributed by atoms with Gasteiger partial charge in [-0.25, -0.2) is 0 Å². The van der Waals surface area contributed by atoms with E-state index in [1.54, 1.807) is 12.2 Å². The van der Waals surface area contributed by atoms with E-state index in [0.29, 0.717) is 0 Å². The van der Waals surface area contributed by atoms with Gasteiger partial charge in [0.15, 0.2) is 11.6 Å². The Kier molecular flexibility index (Phi) is 5.44. The second-order valence-electron chi connectivity index (χ2n) is 6.99. The van der Waals surface area contributed by atoms with E-state index in [9.17, 15) is 9.59 Å². The molecule has 2 heteroatoms. The molecule has 29 heavy (non-hydrogen) atoms. The molecule has 0 aliphatic heterocycles. The highest BCUT2D eigenvalue weighted by molar-refractivity contribution is 6.11. The van der Waals surface area contributed by atoms with E-state index < -0.39 is 0 Å². The molecule has 0 spiro atoms. The Balaban J connectivity index is 1.38. The zero-order valence-corrected chi connectivity index (χ0v) is 15.9. The van der Waals surface area contributed by atoms with E-state index >= 15 is 0 Å². The van der Waals surface area contributed by atoms with Crippen molar-refractivity contribution in [1.82, 2.24) is 0 Å². The molecule has 0 aliphatic rings. The molecule has 0 bridgehead atoms. The second kappa shape index (κ2) is 8.49. The minimum Gasteiger partial charge on any atom is -0.294 e. The molecule has 0 atom stereocenters. The van der Waals surface area contributed by atoms with Crippen molar-refractivity contribution in [1.29, 1.82) is 0 Å². The summed E-state index contributed by atoms with van der Waals surface area (Å²) in [6.45, 7) is 0. The number of benzene rings is 4. The Morgan fingerprint density at radius 1 is 0.552 bits per heavy atom. The average molecular weight is 376 g/mol. The molecular formula is C27H20O2. The maximum absolute atomic E-state index is 12.1. The maximum atomic E-state index is 12.1. The number of fused-ring (bicyclic) bond motifs is 2. The first-order valence-corrected chi connectivity index (χ1v) is 9.57. The first kappa shape index (κ1) is 18.6. The third-order valence-corrected chi connectivity index (χ3v) is 4.82. The number of hydrogen-bond donors (Lipinski definition) is 0. The third-order valence-electron chi connectivity index (χ3n) is 4.82. The Morgan fingerprint density at radius 2 is 0.966 bits per heavy atom. The van der Waals surface area contributed by atoms with Crippen molar-refractivity contribution in [3.05, 3.63) is 108 Å². The first-order valence-electron chi connectivity index (χ1n) is 9.57. The summed E-state index contributed by atoms with van der Waals surface area (Å²) in [5.74, 6) is -0.405. The van der Waals surface area contributed by atoms with E-state index in [0.717, 1.165) is 32.7 Å². The van der Waals surface area contributed by atoms with Gasteiger partial charge in [0.2, 0.25) is 0 Å². The van der Waals surface area contributed by atoms with E-state index in [2.05, 4.69) is 12.1 Å². The van der Waals surface area contributed by atoms with Crippen molar-refractivity contribution in [2.75, 3.05) is 0 Å². The van der Waals surface area contributed by atoms with Crippen LogP contribution in [-0.2, 0) is 9.59 Å². The normalized spacial score (nSPS) is 11.6. The van der Waals surface area contributed by atoms with Gasteiger partial charge in [0.05, 0.1) is 6.42 Å². The van der Waals surface area contributed by atoms with Gasteiger partial charge in [-0.3, -0.25) is 9.59 Å². The van der Waals surface area contributed by atoms with Crippen LogP contribution in [0.4, 0.5) is 0 Å². The van der Waals surface area contributed by atoms with Gasteiger partial charge in [-0.1, -0.05) is 84.9 Å². The summed E-state index contributed by atoms with van der Waals surface area (Å²) in [7, 11) is 0. The molecule has 0 saturated carbocycles. The highest BCUT2D eigenvalue weighted by Gasteiger charge is 2.04. The fraction of sp³-hybridized carbons (Fsp3) is 0.0370. The van der Waals surface area contributed by atoms with Crippen LogP contribution in [0.25, 0.3) is 33.7 Å². The Morgan fingerprint density at radius 3 is 1.41 bits per heavy atom. The largest absolute Gasteiger partial charge is 0.294 e. The molecule has 0 N–H and O–H groups in total. The molecule has 0 amide bonds. The molecule has 140 valence electrons. The predicted octanol–water partition coefficient (Wildman–Crippen LogP) is 6.25. The highest BCUT2D eigenvalue weighted by Crippen LogP contribution is 2.17. The molecule has 0 saturated heterocycles. The molecule has 2 nitrogen and oxygen atoms in total. The van der Waals surface area contributed by atoms with Crippen LogP contribution < -0.4 is 0 Å². The van der Waals surface area contributed by atoms with Crippen molar-refractivity contribution in [3.8, 4) is 0 Å². The quantitative estimate of drug-likeness (QED) is 0.294. The van der Waals surface area contributed by atoms with Crippen LogP contribution in [0, 0.1) is 0 Å². The van der Waals surface area contributed by atoms with Crippen molar-refractivity contribution >= 4 is 45.3 Å². The summed E-state index contributed by atoms with van der Waals surface area (Å²) in [5.41, 5.74) is 1.88. The van der Waals surface area contributed by atoms with Gasteiger partial charge in [0, 0.05) is 0 Å². The van der Waals surface area contributed by atoms with Gasteiger partial charge in [-0.05, 0) is 57.0 Å². The zero-order chi connectivity index (χ0) is 20.1. The molecule has 0 fully saturated rings. The lowest BCUT2D eigenvalue weighted by molar-refractivity contribution is -0.121. The average Bonchev–Trinajstić information content (AvgIpc) is 2.76. The smallest absolute Gasteiger partial charge is 0.163 e. The molecular weight excluding hydrogens is 356 g/mol. The monoisotopic (exact) mass is 376 g/mol. The van der Waals surface area contributed by atoms with Crippen LogP contribution in [0.15, 0.2) is 97.1 Å². The van der Waals surface area contributed by atoms with Gasteiger partial charge in [-0.2, -0.15) is 0 Å². The number of rotatable bonds is 6. The van der Waals surface area contributed by atoms with Gasteiger partial charge >= 0.3 is 0 Å². The maximum Gasteiger partial charge on any atom is 0.163 e. The molecule has 0 aromatic heterocycles. The van der Waals surface area contributed by atoms with E-state index in [-0.39, 0.29) is 18.0 Å². The van der Waals surface area contributed by atoms with E-state index in [1.807, 2.05) is 72.8 Å². The van der Waals surface area contributed by atoms with Gasteiger partial charge in [0.1, 0.15) is 0 Å². The molecule has 4 rings (SSSR count). The highest BCUT2D eigenvalue weighted by atomic mass is 16.1. The summed E-state index contributed by atoms with van der Waals surface area (Å²) in [4.78, 5) is 24.3. The topological polar surface area (TPSA) is 34.1 Å². The lowest BCUT2D eigenvalue weighted by Gasteiger charge is -1.99. The Bertz CT molecular complexity index is 1160. The van der Waals surface area contributed by atoms with Crippen LogP contribution in [0.1, 0.15) is 17.5 Å². The summed E-state index contributed by atoms with van der Waals surface area (Å²) in [6.07, 6.45) is 6.34. The number of hydrogen-bond acceptors (Lipinski definition) is 2. The second-order valence-corrected chi connectivity index (χ2v) is 6.99. The van der Waals surface area contributed by atoms with Crippen LogP contribution in [0.5, 0.6) is 0 Å². The first-order chi connectivity index (χ1) is 14.2. The minimum atomic E-state index is -0.202. The fourth-order valence-electron chi connectivity index (χ4n) is 3.29. The lowest BCUT2D eigenvalue weighted by atomic mass is 10.1. The molecule has 4 aromatic rings. The van der Waals surface area contributed by atoms with Crippen molar-refractivity contribution in [2.45, 2.75) is 6.42 Å². The third kappa shape index (κ3) is 4.74. The molecule has 0 unspecified atom stereocenters. The lowest BCUT2D eigenvalue weighted by Crippen LogP contribution is -2.01. The van der Waals surface area contributed by atoms with Crippen LogP contribution in [0.2, 0.25) is 0 Å². The summed E-state index contributed by atoms with van der Waals surface area (Å²) < 4.78 is 0. The number of ketones is 2. The molecule has 0 heterocycles. The van der Waals surface area contributed by atoms with Gasteiger partial charge in [0.25, 0.3) is 0 Å². The van der Waals surface area contributed by atoms with E-state index in [4.69, 9.17) is 0 Å². The summed E-state index contributed by atoms with van der Waals surface area (Å²) in [5, 5.41) is 4.56. The van der Waals surface area contributed by atoms with Crippen molar-refractivity contribution in [2.24, 2.45) is 0 Å². The predicted molar refractivity (Wildman–Crippen MR) is 121 cm³/mol. The number of carbonyl (C=O) groups is 2. The summed E-state index contributed by atoms with van der Waals surface area (Å²) in [6, 6.07) is 28.2. The van der Waals surface area contributed by atoms with Gasteiger partial charge in [-0.15, -0.1) is 0 Å². The van der Waals surface area contributed by atoms with Crippen LogP contribution >= 0.6 is 0 Å². The molecule has 4 aromatic carbocycles. The fourth-order valence-corrected chi connectivity index (χ4v) is 3.29. The SMILES string of the molecule is O=C(/C=C/c1ccc2ccccc2c1)CC(=O)/C=C/c1ccc2ccccc2c1.